The van der Waals surface area contributed by atoms with E-state index < -0.39 is 38.7 Å². The molecule has 3 aromatic rings. The molecule has 184 valence electrons. The van der Waals surface area contributed by atoms with Crippen molar-refractivity contribution >= 4 is 38.7 Å². The van der Waals surface area contributed by atoms with E-state index in [1.165, 1.54) is 35.6 Å². The minimum Gasteiger partial charge on any atom is -0.488 e. The fraction of sp³-hybridized carbons (Fsp3) is 0.320. The molecule has 1 aromatic heterocycles. The number of carbonyl (C=O) groups is 1. The van der Waals surface area contributed by atoms with Crippen LogP contribution >= 0.6 is 22.9 Å². The van der Waals surface area contributed by atoms with Gasteiger partial charge in [-0.25, -0.2) is 17.2 Å². The molecule has 0 bridgehead atoms. The maximum atomic E-state index is 15.2. The molecule has 10 heteroatoms. The van der Waals surface area contributed by atoms with Crippen molar-refractivity contribution in [2.45, 2.75) is 41.4 Å². The van der Waals surface area contributed by atoms with Crippen molar-refractivity contribution in [1.82, 2.24) is 4.90 Å². The molecule has 0 radical (unpaired) electrons. The summed E-state index contributed by atoms with van der Waals surface area (Å²) in [6.07, 6.45) is 0.727. The Balaban J connectivity index is 1.62. The number of carbonyl (C=O) groups excluding carboxylic acids is 1. The van der Waals surface area contributed by atoms with Crippen LogP contribution < -0.4 is 4.74 Å². The summed E-state index contributed by atoms with van der Waals surface area (Å²) in [5, 5.41) is 1.19. The van der Waals surface area contributed by atoms with Gasteiger partial charge < -0.3 is 9.64 Å². The number of sulfone groups is 1. The highest BCUT2D eigenvalue weighted by Gasteiger charge is 2.49. The Morgan fingerprint density at radius 2 is 1.86 bits per heavy atom. The number of fused-ring (bicyclic) bond motifs is 3. The molecule has 2 aliphatic rings. The molecule has 1 saturated heterocycles. The van der Waals surface area contributed by atoms with Gasteiger partial charge in [0.1, 0.15) is 12.4 Å². The number of benzene rings is 2. The lowest BCUT2D eigenvalue weighted by atomic mass is 9.84. The maximum absolute atomic E-state index is 15.2. The van der Waals surface area contributed by atoms with Crippen LogP contribution in [0.5, 0.6) is 5.75 Å². The van der Waals surface area contributed by atoms with Gasteiger partial charge in [-0.05, 0) is 60.7 Å². The van der Waals surface area contributed by atoms with Crippen molar-refractivity contribution in [3.63, 3.8) is 0 Å². The van der Waals surface area contributed by atoms with Crippen LogP contribution in [0, 0.1) is 11.6 Å². The molecule has 5 nitrogen and oxygen atoms in total. The van der Waals surface area contributed by atoms with Gasteiger partial charge in [0.05, 0.1) is 22.6 Å². The van der Waals surface area contributed by atoms with Crippen LogP contribution in [-0.2, 0) is 21.1 Å². The lowest BCUT2D eigenvalue weighted by molar-refractivity contribution is -0.134. The molecule has 1 amide bonds. The minimum absolute atomic E-state index is 0.0499. The van der Waals surface area contributed by atoms with Crippen molar-refractivity contribution < 1.29 is 26.7 Å². The monoisotopic (exact) mass is 537 g/mol. The van der Waals surface area contributed by atoms with Gasteiger partial charge in [-0.15, -0.1) is 11.3 Å². The number of likely N-dealkylation sites (tertiary alicyclic amines) is 1. The molecule has 0 aliphatic carbocycles. The van der Waals surface area contributed by atoms with Crippen LogP contribution in [0.3, 0.4) is 0 Å². The Morgan fingerprint density at radius 1 is 1.11 bits per heavy atom. The predicted octanol–water partition coefficient (Wildman–Crippen LogP) is 5.23. The standard InChI is InChI=1S/C25H22ClF2NO4S2/c26-15-5-7-17(8-6-15)35(31,32)21-4-1-11-29(22(30)13-16-3-2-12-34-16)20-14-33-25-19(28)10-9-18(27)23(25)24(20)21/h2-3,5-10,12,20-21,24H,1,4,11,13-14H2/t20-,21?,24?/m0/s1. The maximum Gasteiger partial charge on any atom is 0.228 e. The van der Waals surface area contributed by atoms with Crippen LogP contribution in [0.1, 0.15) is 29.2 Å². The van der Waals surface area contributed by atoms with Crippen molar-refractivity contribution in [3.8, 4) is 5.75 Å². The van der Waals surface area contributed by atoms with E-state index in [9.17, 15) is 17.6 Å². The van der Waals surface area contributed by atoms with E-state index in [1.54, 1.807) is 4.90 Å². The van der Waals surface area contributed by atoms with E-state index in [-0.39, 0.29) is 41.6 Å². The number of ether oxygens (including phenoxy) is 1. The Kier molecular flexibility index (Phi) is 6.59. The third-order valence-corrected chi connectivity index (χ3v) is 10.1. The summed E-state index contributed by atoms with van der Waals surface area (Å²) in [6, 6.07) is 10.7. The summed E-state index contributed by atoms with van der Waals surface area (Å²) in [7, 11) is -3.98. The summed E-state index contributed by atoms with van der Waals surface area (Å²) in [6.45, 7) is 0.175. The fourth-order valence-corrected chi connectivity index (χ4v) is 7.98. The highest BCUT2D eigenvalue weighted by atomic mass is 35.5. The molecule has 0 N–H and O–H groups in total. The second-order valence-corrected chi connectivity index (χ2v) is 12.3. The number of rotatable bonds is 4. The molecule has 2 aliphatic heterocycles. The Morgan fingerprint density at radius 3 is 2.57 bits per heavy atom. The van der Waals surface area contributed by atoms with Crippen LogP contribution in [0.2, 0.25) is 5.02 Å². The first-order chi connectivity index (χ1) is 16.8. The molecule has 35 heavy (non-hydrogen) atoms. The van der Waals surface area contributed by atoms with Gasteiger partial charge in [0, 0.05) is 27.9 Å². The smallest absolute Gasteiger partial charge is 0.228 e. The zero-order chi connectivity index (χ0) is 24.7. The average Bonchev–Trinajstić information content (AvgIpc) is 3.26. The number of hydrogen-bond acceptors (Lipinski definition) is 5. The van der Waals surface area contributed by atoms with Crippen molar-refractivity contribution in [2.24, 2.45) is 0 Å². The van der Waals surface area contributed by atoms with Gasteiger partial charge in [-0.1, -0.05) is 17.7 Å². The molecule has 5 rings (SSSR count). The van der Waals surface area contributed by atoms with Crippen LogP contribution in [0.4, 0.5) is 8.78 Å². The first-order valence-corrected chi connectivity index (χ1v) is 14.0. The normalized spacial score (nSPS) is 22.0. The summed E-state index contributed by atoms with van der Waals surface area (Å²) < 4.78 is 63.2. The molecular weight excluding hydrogens is 516 g/mol. The third kappa shape index (κ3) is 4.45. The Bertz CT molecular complexity index is 1350. The number of halogens is 3. The molecule has 3 heterocycles. The first-order valence-electron chi connectivity index (χ1n) is 11.2. The summed E-state index contributed by atoms with van der Waals surface area (Å²) in [5.41, 5.74) is -0.125. The quantitative estimate of drug-likeness (QED) is 0.457. The lowest BCUT2D eigenvalue weighted by Crippen LogP contribution is -2.52. The Hall–Kier alpha value is -2.49. The predicted molar refractivity (Wildman–Crippen MR) is 130 cm³/mol. The number of nitrogens with zero attached hydrogens (tertiary/aromatic N) is 1. The zero-order valence-corrected chi connectivity index (χ0v) is 20.9. The van der Waals surface area contributed by atoms with Crippen LogP contribution in [0.15, 0.2) is 58.8 Å². The summed E-state index contributed by atoms with van der Waals surface area (Å²) in [4.78, 5) is 15.9. The van der Waals surface area contributed by atoms with Gasteiger partial charge in [-0.3, -0.25) is 4.79 Å². The Labute approximate surface area is 211 Å². The molecule has 3 atom stereocenters. The summed E-state index contributed by atoms with van der Waals surface area (Å²) >= 11 is 7.41. The highest BCUT2D eigenvalue weighted by molar-refractivity contribution is 7.92. The van der Waals surface area contributed by atoms with Crippen LogP contribution in [0.25, 0.3) is 0 Å². The fourth-order valence-electron chi connectivity index (χ4n) is 5.12. The van der Waals surface area contributed by atoms with E-state index in [0.717, 1.165) is 17.0 Å². The van der Waals surface area contributed by atoms with E-state index in [1.807, 2.05) is 17.5 Å². The first kappa shape index (κ1) is 24.2. The molecule has 0 spiro atoms. The SMILES string of the molecule is O=C(Cc1cccs1)N1CCCC(S(=O)(=O)c2ccc(Cl)cc2)C2c3c(F)ccc(F)c3OC[C@@H]21. The van der Waals surface area contributed by atoms with Gasteiger partial charge >= 0.3 is 0 Å². The van der Waals surface area contributed by atoms with E-state index in [4.69, 9.17) is 16.3 Å². The van der Waals surface area contributed by atoms with E-state index in [0.29, 0.717) is 18.0 Å². The minimum atomic E-state index is -3.98. The second-order valence-electron chi connectivity index (χ2n) is 8.70. The van der Waals surface area contributed by atoms with Gasteiger partial charge in [0.2, 0.25) is 5.91 Å². The number of thiophene rings is 1. The molecule has 1 fully saturated rings. The van der Waals surface area contributed by atoms with Crippen molar-refractivity contribution in [3.05, 3.63) is 81.0 Å². The van der Waals surface area contributed by atoms with Crippen molar-refractivity contribution in [1.29, 1.82) is 0 Å². The molecule has 2 unspecified atom stereocenters. The van der Waals surface area contributed by atoms with Gasteiger partial charge in [0.15, 0.2) is 21.4 Å². The molecule has 2 aromatic carbocycles. The molecule has 0 saturated carbocycles. The topological polar surface area (TPSA) is 63.7 Å². The van der Waals surface area contributed by atoms with Gasteiger partial charge in [0.25, 0.3) is 0 Å². The number of amides is 1. The van der Waals surface area contributed by atoms with Crippen molar-refractivity contribution in [2.75, 3.05) is 13.2 Å². The largest absolute Gasteiger partial charge is 0.488 e. The summed E-state index contributed by atoms with van der Waals surface area (Å²) in [5.74, 6) is -2.99. The van der Waals surface area contributed by atoms with Crippen LogP contribution in [-0.4, -0.2) is 43.7 Å². The van der Waals surface area contributed by atoms with E-state index in [2.05, 4.69) is 0 Å². The average molecular weight is 538 g/mol. The molecular formula is C25H22ClF2NO4S2. The van der Waals surface area contributed by atoms with Gasteiger partial charge in [-0.2, -0.15) is 0 Å². The zero-order valence-electron chi connectivity index (χ0n) is 18.5. The number of hydrogen-bond donors (Lipinski definition) is 0. The third-order valence-electron chi connectivity index (χ3n) is 6.70. The van der Waals surface area contributed by atoms with E-state index >= 15 is 4.39 Å². The second kappa shape index (κ2) is 9.52. The highest BCUT2D eigenvalue weighted by Crippen LogP contribution is 2.46. The lowest BCUT2D eigenvalue weighted by Gasteiger charge is -2.41.